The van der Waals surface area contributed by atoms with Gasteiger partial charge in [0, 0.05) is 31.7 Å². The van der Waals surface area contributed by atoms with Gasteiger partial charge in [-0.25, -0.2) is 13.1 Å². The fourth-order valence-electron chi connectivity index (χ4n) is 3.40. The summed E-state index contributed by atoms with van der Waals surface area (Å²) in [6.07, 6.45) is 5.51. The fraction of sp³-hybridized carbons (Fsp3) is 0.556. The van der Waals surface area contributed by atoms with Crippen molar-refractivity contribution in [2.24, 2.45) is 0 Å². The standard InChI is InChI=1S/C18H25N3O4S/c22-17-6-5-13-21(17)15-7-9-16(10-8-15)26(24,25)19-14-18(23)20-11-3-1-2-4-12-20/h7-10,19H,1-6,11-14H2. The molecule has 0 radical (unpaired) electrons. The maximum Gasteiger partial charge on any atom is 0.241 e. The molecule has 2 aliphatic rings. The Morgan fingerprint density at radius 2 is 1.62 bits per heavy atom. The molecule has 8 heteroatoms. The minimum absolute atomic E-state index is 0.0572. The van der Waals surface area contributed by atoms with Crippen LogP contribution in [0, 0.1) is 0 Å². The Morgan fingerprint density at radius 1 is 0.962 bits per heavy atom. The number of sulfonamides is 1. The molecule has 2 fully saturated rings. The van der Waals surface area contributed by atoms with Gasteiger partial charge in [0.25, 0.3) is 0 Å². The second-order valence-corrected chi connectivity index (χ2v) is 8.53. The van der Waals surface area contributed by atoms with Gasteiger partial charge in [-0.15, -0.1) is 0 Å². The van der Waals surface area contributed by atoms with Crippen molar-refractivity contribution in [1.29, 1.82) is 0 Å². The molecule has 142 valence electrons. The third-order valence-electron chi connectivity index (χ3n) is 4.90. The van der Waals surface area contributed by atoms with Gasteiger partial charge in [-0.3, -0.25) is 9.59 Å². The Balaban J connectivity index is 1.60. The lowest BCUT2D eigenvalue weighted by atomic mass is 10.2. The van der Waals surface area contributed by atoms with Crippen molar-refractivity contribution < 1.29 is 18.0 Å². The first-order chi connectivity index (χ1) is 12.5. The topological polar surface area (TPSA) is 86.8 Å². The second-order valence-electron chi connectivity index (χ2n) is 6.76. The van der Waals surface area contributed by atoms with Gasteiger partial charge in [-0.1, -0.05) is 12.8 Å². The van der Waals surface area contributed by atoms with Crippen molar-refractivity contribution in [2.75, 3.05) is 31.1 Å². The second kappa shape index (κ2) is 8.18. The zero-order valence-corrected chi connectivity index (χ0v) is 15.6. The molecule has 0 saturated carbocycles. The van der Waals surface area contributed by atoms with Crippen molar-refractivity contribution in [3.05, 3.63) is 24.3 Å². The highest BCUT2D eigenvalue weighted by atomic mass is 32.2. The Morgan fingerprint density at radius 3 is 2.19 bits per heavy atom. The van der Waals surface area contributed by atoms with E-state index in [1.807, 2.05) is 0 Å². The molecule has 26 heavy (non-hydrogen) atoms. The largest absolute Gasteiger partial charge is 0.342 e. The van der Waals surface area contributed by atoms with Gasteiger partial charge in [-0.2, -0.15) is 0 Å². The molecule has 1 N–H and O–H groups in total. The van der Waals surface area contributed by atoms with Crippen LogP contribution in [-0.2, 0) is 19.6 Å². The fourth-order valence-corrected chi connectivity index (χ4v) is 4.37. The number of nitrogens with zero attached hydrogens (tertiary/aromatic N) is 2. The van der Waals surface area contributed by atoms with E-state index in [1.54, 1.807) is 21.9 Å². The summed E-state index contributed by atoms with van der Waals surface area (Å²) in [4.78, 5) is 27.5. The Labute approximate surface area is 154 Å². The zero-order chi connectivity index (χ0) is 18.6. The van der Waals surface area contributed by atoms with E-state index >= 15 is 0 Å². The number of carbonyl (C=O) groups is 2. The van der Waals surface area contributed by atoms with Crippen LogP contribution in [0.4, 0.5) is 5.69 Å². The first kappa shape index (κ1) is 18.8. The van der Waals surface area contributed by atoms with Gasteiger partial charge in [-0.05, 0) is 43.5 Å². The van der Waals surface area contributed by atoms with E-state index in [0.717, 1.165) is 32.1 Å². The Bertz CT molecular complexity index is 753. The Kier molecular flexibility index (Phi) is 5.93. The van der Waals surface area contributed by atoms with Crippen LogP contribution in [0.15, 0.2) is 29.2 Å². The molecule has 3 rings (SSSR count). The summed E-state index contributed by atoms with van der Waals surface area (Å²) in [5, 5.41) is 0. The number of hydrogen-bond acceptors (Lipinski definition) is 4. The van der Waals surface area contributed by atoms with E-state index in [2.05, 4.69) is 4.72 Å². The van der Waals surface area contributed by atoms with Gasteiger partial charge in [0.15, 0.2) is 0 Å². The minimum atomic E-state index is -3.76. The lowest BCUT2D eigenvalue weighted by Crippen LogP contribution is -2.40. The van der Waals surface area contributed by atoms with Crippen LogP contribution in [0.2, 0.25) is 0 Å². The number of nitrogens with one attached hydrogen (secondary N) is 1. The maximum absolute atomic E-state index is 12.4. The number of benzene rings is 1. The van der Waals surface area contributed by atoms with Gasteiger partial charge in [0.05, 0.1) is 11.4 Å². The molecule has 1 aromatic carbocycles. The highest BCUT2D eigenvalue weighted by Crippen LogP contribution is 2.22. The van der Waals surface area contributed by atoms with Crippen LogP contribution in [0.25, 0.3) is 0 Å². The SMILES string of the molecule is O=C(CNS(=O)(=O)c1ccc(N2CCCC2=O)cc1)N1CCCCCC1. The molecule has 2 heterocycles. The average molecular weight is 379 g/mol. The van der Waals surface area contributed by atoms with Gasteiger partial charge >= 0.3 is 0 Å². The van der Waals surface area contributed by atoms with Gasteiger partial charge in [0.1, 0.15) is 0 Å². The van der Waals surface area contributed by atoms with E-state index < -0.39 is 10.0 Å². The average Bonchev–Trinajstić information content (AvgIpc) is 2.89. The summed E-state index contributed by atoms with van der Waals surface area (Å²) < 4.78 is 27.2. The van der Waals surface area contributed by atoms with E-state index in [0.29, 0.717) is 31.7 Å². The molecule has 0 bridgehead atoms. The van der Waals surface area contributed by atoms with Crippen LogP contribution in [0.5, 0.6) is 0 Å². The van der Waals surface area contributed by atoms with E-state index in [-0.39, 0.29) is 23.3 Å². The van der Waals surface area contributed by atoms with Crippen LogP contribution in [0.1, 0.15) is 38.5 Å². The number of rotatable bonds is 5. The van der Waals surface area contributed by atoms with Crippen molar-refractivity contribution in [3.63, 3.8) is 0 Å². The van der Waals surface area contributed by atoms with Crippen molar-refractivity contribution in [3.8, 4) is 0 Å². The molecule has 0 unspecified atom stereocenters. The normalized spacial score (nSPS) is 18.8. The molecule has 1 aromatic rings. The first-order valence-corrected chi connectivity index (χ1v) is 10.6. The predicted molar refractivity (Wildman–Crippen MR) is 98.3 cm³/mol. The van der Waals surface area contributed by atoms with E-state index in [4.69, 9.17) is 0 Å². The maximum atomic E-state index is 12.4. The van der Waals surface area contributed by atoms with Crippen LogP contribution < -0.4 is 9.62 Å². The van der Waals surface area contributed by atoms with Crippen LogP contribution >= 0.6 is 0 Å². The monoisotopic (exact) mass is 379 g/mol. The summed E-state index contributed by atoms with van der Waals surface area (Å²) in [6, 6.07) is 6.21. The summed E-state index contributed by atoms with van der Waals surface area (Å²) in [7, 11) is -3.76. The highest BCUT2D eigenvalue weighted by Gasteiger charge is 2.23. The molecule has 0 aliphatic carbocycles. The smallest absolute Gasteiger partial charge is 0.241 e. The molecular formula is C18H25N3O4S. The number of amides is 2. The van der Waals surface area contributed by atoms with Gasteiger partial charge in [0.2, 0.25) is 21.8 Å². The first-order valence-electron chi connectivity index (χ1n) is 9.15. The molecule has 0 spiro atoms. The molecule has 0 aromatic heterocycles. The van der Waals surface area contributed by atoms with Crippen LogP contribution in [-0.4, -0.2) is 51.3 Å². The molecule has 2 aliphatic heterocycles. The summed E-state index contributed by atoms with van der Waals surface area (Å²) >= 11 is 0. The van der Waals surface area contributed by atoms with E-state index in [9.17, 15) is 18.0 Å². The number of anilines is 1. The van der Waals surface area contributed by atoms with Crippen molar-refractivity contribution in [1.82, 2.24) is 9.62 Å². The predicted octanol–water partition coefficient (Wildman–Crippen LogP) is 1.49. The molecule has 7 nitrogen and oxygen atoms in total. The molecular weight excluding hydrogens is 354 g/mol. The Hall–Kier alpha value is -1.93. The number of hydrogen-bond donors (Lipinski definition) is 1. The summed E-state index contributed by atoms with van der Waals surface area (Å²) in [6.45, 7) is 1.82. The molecule has 2 saturated heterocycles. The minimum Gasteiger partial charge on any atom is -0.342 e. The number of likely N-dealkylation sites (tertiary alicyclic amines) is 1. The summed E-state index contributed by atoms with van der Waals surface area (Å²) in [5.41, 5.74) is 0.701. The third-order valence-corrected chi connectivity index (χ3v) is 6.32. The zero-order valence-electron chi connectivity index (χ0n) is 14.8. The summed E-state index contributed by atoms with van der Waals surface area (Å²) in [5.74, 6) is -0.128. The van der Waals surface area contributed by atoms with Crippen LogP contribution in [0.3, 0.4) is 0 Å². The van der Waals surface area contributed by atoms with Crippen molar-refractivity contribution in [2.45, 2.75) is 43.4 Å². The third kappa shape index (κ3) is 4.42. The lowest BCUT2D eigenvalue weighted by Gasteiger charge is -2.20. The number of carbonyl (C=O) groups excluding carboxylic acids is 2. The quantitative estimate of drug-likeness (QED) is 0.840. The van der Waals surface area contributed by atoms with E-state index in [1.165, 1.54) is 12.1 Å². The highest BCUT2D eigenvalue weighted by molar-refractivity contribution is 7.89. The lowest BCUT2D eigenvalue weighted by molar-refractivity contribution is -0.129. The molecule has 0 atom stereocenters. The van der Waals surface area contributed by atoms with Crippen molar-refractivity contribution >= 4 is 27.5 Å². The molecule has 2 amide bonds. The van der Waals surface area contributed by atoms with Gasteiger partial charge < -0.3 is 9.80 Å².